The normalized spacial score (nSPS) is 40.5. The van der Waals surface area contributed by atoms with Crippen molar-refractivity contribution in [2.75, 3.05) is 20.1 Å². The number of hydrogen-bond acceptors (Lipinski definition) is 3. The van der Waals surface area contributed by atoms with Gasteiger partial charge in [-0.1, -0.05) is 0 Å². The smallest absolute Gasteiger partial charge is 0.407 e. The summed E-state index contributed by atoms with van der Waals surface area (Å²) in [6.07, 6.45) is 1.64. The van der Waals surface area contributed by atoms with E-state index in [2.05, 4.69) is 24.2 Å². The molecule has 1 spiro atoms. The summed E-state index contributed by atoms with van der Waals surface area (Å²) in [6, 6.07) is 0.501. The minimum Gasteiger partial charge on any atom is -0.441 e. The van der Waals surface area contributed by atoms with Crippen molar-refractivity contribution in [1.29, 1.82) is 0 Å². The molecule has 2 aliphatic heterocycles. The van der Waals surface area contributed by atoms with Crippen LogP contribution in [0.2, 0.25) is 0 Å². The predicted molar refractivity (Wildman–Crippen MR) is 48.5 cm³/mol. The standard InChI is InChI=1S/C9H16N2O2/c1-7-5-9(3-4-11(7)2)6-10-8(12)13-9/h7H,3-6H2,1-2H3,(H,10,12). The first-order chi connectivity index (χ1) is 6.11. The zero-order chi connectivity index (χ0) is 9.47. The molecular weight excluding hydrogens is 168 g/mol. The molecule has 4 nitrogen and oxygen atoms in total. The Morgan fingerprint density at radius 1 is 1.69 bits per heavy atom. The number of likely N-dealkylation sites (tertiary alicyclic amines) is 1. The van der Waals surface area contributed by atoms with Crippen molar-refractivity contribution in [3.63, 3.8) is 0 Å². The Morgan fingerprint density at radius 2 is 2.46 bits per heavy atom. The van der Waals surface area contributed by atoms with Crippen LogP contribution in [-0.4, -0.2) is 42.8 Å². The molecule has 2 atom stereocenters. The van der Waals surface area contributed by atoms with Gasteiger partial charge in [-0.05, 0) is 14.0 Å². The highest BCUT2D eigenvalue weighted by molar-refractivity contribution is 5.70. The van der Waals surface area contributed by atoms with Crippen LogP contribution < -0.4 is 5.32 Å². The van der Waals surface area contributed by atoms with Crippen LogP contribution >= 0.6 is 0 Å². The Balaban J connectivity index is 2.05. The number of nitrogens with zero attached hydrogens (tertiary/aromatic N) is 1. The molecule has 74 valence electrons. The predicted octanol–water partition coefficient (Wildman–Crippen LogP) is 0.579. The van der Waals surface area contributed by atoms with Crippen LogP contribution in [0.4, 0.5) is 4.79 Å². The van der Waals surface area contributed by atoms with Crippen molar-refractivity contribution < 1.29 is 9.53 Å². The summed E-state index contributed by atoms with van der Waals surface area (Å²) < 4.78 is 5.33. The number of carbonyl (C=O) groups is 1. The monoisotopic (exact) mass is 184 g/mol. The minimum absolute atomic E-state index is 0.205. The highest BCUT2D eigenvalue weighted by Crippen LogP contribution is 2.31. The summed E-state index contributed by atoms with van der Waals surface area (Å²) >= 11 is 0. The lowest BCUT2D eigenvalue weighted by atomic mass is 9.87. The Kier molecular flexibility index (Phi) is 1.95. The Morgan fingerprint density at radius 3 is 3.00 bits per heavy atom. The molecule has 0 aromatic carbocycles. The third-order valence-electron chi connectivity index (χ3n) is 3.20. The molecule has 1 N–H and O–H groups in total. The number of alkyl carbamates (subject to hydrolysis) is 1. The number of hydrogen-bond donors (Lipinski definition) is 1. The summed E-state index contributed by atoms with van der Waals surface area (Å²) in [4.78, 5) is 13.3. The number of ether oxygens (including phenoxy) is 1. The quantitative estimate of drug-likeness (QED) is 0.598. The third kappa shape index (κ3) is 1.50. The van der Waals surface area contributed by atoms with Crippen LogP contribution in [0.5, 0.6) is 0 Å². The van der Waals surface area contributed by atoms with Crippen LogP contribution in [-0.2, 0) is 4.74 Å². The Labute approximate surface area is 78.2 Å². The van der Waals surface area contributed by atoms with Crippen molar-refractivity contribution in [2.24, 2.45) is 0 Å². The maximum atomic E-state index is 11.0. The van der Waals surface area contributed by atoms with E-state index in [1.54, 1.807) is 0 Å². The molecule has 13 heavy (non-hydrogen) atoms. The van der Waals surface area contributed by atoms with Gasteiger partial charge >= 0.3 is 6.09 Å². The fourth-order valence-electron chi connectivity index (χ4n) is 2.15. The summed E-state index contributed by atoms with van der Waals surface area (Å²) in [5.41, 5.74) is -0.205. The molecule has 0 bridgehead atoms. The molecule has 0 radical (unpaired) electrons. The van der Waals surface area contributed by atoms with Crippen molar-refractivity contribution >= 4 is 6.09 Å². The average molecular weight is 184 g/mol. The molecule has 2 rings (SSSR count). The van der Waals surface area contributed by atoms with E-state index in [0.717, 1.165) is 19.4 Å². The van der Waals surface area contributed by atoms with Gasteiger partial charge in [-0.2, -0.15) is 0 Å². The summed E-state index contributed by atoms with van der Waals surface area (Å²) in [5, 5.41) is 2.74. The number of nitrogens with one attached hydrogen (secondary N) is 1. The second-order valence-corrected chi connectivity index (χ2v) is 4.21. The SMILES string of the molecule is CC1CC2(CCN1C)CNC(=O)O2. The number of carbonyl (C=O) groups excluding carboxylic acids is 1. The second-order valence-electron chi connectivity index (χ2n) is 4.21. The summed E-state index contributed by atoms with van der Waals surface area (Å²) in [5.74, 6) is 0. The third-order valence-corrected chi connectivity index (χ3v) is 3.20. The van der Waals surface area contributed by atoms with E-state index in [1.165, 1.54) is 0 Å². The molecular formula is C9H16N2O2. The van der Waals surface area contributed by atoms with Crippen LogP contribution in [0.25, 0.3) is 0 Å². The number of rotatable bonds is 0. The molecule has 2 aliphatic rings. The lowest BCUT2D eigenvalue weighted by Crippen LogP contribution is -2.49. The maximum Gasteiger partial charge on any atom is 0.407 e. The van der Waals surface area contributed by atoms with E-state index in [9.17, 15) is 4.79 Å². The van der Waals surface area contributed by atoms with Gasteiger partial charge in [-0.3, -0.25) is 0 Å². The van der Waals surface area contributed by atoms with E-state index in [0.29, 0.717) is 12.6 Å². The van der Waals surface area contributed by atoms with Crippen molar-refractivity contribution in [1.82, 2.24) is 10.2 Å². The lowest BCUT2D eigenvalue weighted by Gasteiger charge is -2.39. The van der Waals surface area contributed by atoms with Crippen molar-refractivity contribution in [3.8, 4) is 0 Å². The van der Waals surface area contributed by atoms with Crippen molar-refractivity contribution in [2.45, 2.75) is 31.4 Å². The van der Waals surface area contributed by atoms with Crippen molar-refractivity contribution in [3.05, 3.63) is 0 Å². The van der Waals surface area contributed by atoms with Crippen LogP contribution in [0.1, 0.15) is 19.8 Å². The highest BCUT2D eigenvalue weighted by Gasteiger charge is 2.44. The van der Waals surface area contributed by atoms with Gasteiger partial charge in [0.15, 0.2) is 0 Å². The molecule has 0 saturated carbocycles. The van der Waals surface area contributed by atoms with E-state index >= 15 is 0 Å². The molecule has 2 fully saturated rings. The molecule has 4 heteroatoms. The van der Waals surface area contributed by atoms with E-state index in [4.69, 9.17) is 4.74 Å². The van der Waals surface area contributed by atoms with Crippen LogP contribution in [0, 0.1) is 0 Å². The van der Waals surface area contributed by atoms with Crippen LogP contribution in [0.3, 0.4) is 0 Å². The van der Waals surface area contributed by atoms with Gasteiger partial charge < -0.3 is 15.0 Å². The molecule has 2 unspecified atom stereocenters. The van der Waals surface area contributed by atoms with E-state index < -0.39 is 0 Å². The topological polar surface area (TPSA) is 41.6 Å². The highest BCUT2D eigenvalue weighted by atomic mass is 16.6. The molecule has 1 amide bonds. The first-order valence-electron chi connectivity index (χ1n) is 4.78. The summed E-state index contributed by atoms with van der Waals surface area (Å²) in [7, 11) is 2.11. The number of amides is 1. The second kappa shape index (κ2) is 2.87. The largest absolute Gasteiger partial charge is 0.441 e. The molecule has 0 aliphatic carbocycles. The van der Waals surface area contributed by atoms with Gasteiger partial charge in [-0.25, -0.2) is 4.79 Å². The van der Waals surface area contributed by atoms with E-state index in [-0.39, 0.29) is 11.7 Å². The first-order valence-corrected chi connectivity index (χ1v) is 4.78. The zero-order valence-corrected chi connectivity index (χ0v) is 8.17. The first kappa shape index (κ1) is 8.81. The van der Waals surface area contributed by atoms with E-state index in [1.807, 2.05) is 0 Å². The fraction of sp³-hybridized carbons (Fsp3) is 0.889. The lowest BCUT2D eigenvalue weighted by molar-refractivity contribution is -0.0137. The molecule has 0 aromatic heterocycles. The zero-order valence-electron chi connectivity index (χ0n) is 8.17. The fourth-order valence-corrected chi connectivity index (χ4v) is 2.15. The molecule has 0 aromatic rings. The number of piperidine rings is 1. The van der Waals surface area contributed by atoms with Gasteiger partial charge in [0.1, 0.15) is 5.60 Å². The Bertz CT molecular complexity index is 232. The molecule has 2 saturated heterocycles. The van der Waals surface area contributed by atoms with Gasteiger partial charge in [0.25, 0.3) is 0 Å². The minimum atomic E-state index is -0.253. The van der Waals surface area contributed by atoms with Gasteiger partial charge in [-0.15, -0.1) is 0 Å². The van der Waals surface area contributed by atoms with Gasteiger partial charge in [0.2, 0.25) is 0 Å². The average Bonchev–Trinajstić information content (AvgIpc) is 2.42. The van der Waals surface area contributed by atoms with Gasteiger partial charge in [0, 0.05) is 25.4 Å². The Hall–Kier alpha value is -0.770. The van der Waals surface area contributed by atoms with Gasteiger partial charge in [0.05, 0.1) is 6.54 Å². The van der Waals surface area contributed by atoms with Crippen LogP contribution in [0.15, 0.2) is 0 Å². The maximum absolute atomic E-state index is 11.0. The summed E-state index contributed by atoms with van der Waals surface area (Å²) in [6.45, 7) is 3.87. The molecule has 2 heterocycles.